The second-order valence-electron chi connectivity index (χ2n) is 3.15. The minimum absolute atomic E-state index is 1.13. The van der Waals surface area contributed by atoms with Crippen LogP contribution in [0.4, 0.5) is 0 Å². The van der Waals surface area contributed by atoms with E-state index in [9.17, 15) is 0 Å². The Morgan fingerprint density at radius 2 is 1.92 bits per heavy atom. The summed E-state index contributed by atoms with van der Waals surface area (Å²) in [7, 11) is 0. The van der Waals surface area contributed by atoms with Gasteiger partial charge in [0, 0.05) is 12.2 Å². The Labute approximate surface area is 77.2 Å². The van der Waals surface area contributed by atoms with Gasteiger partial charge >= 0.3 is 0 Å². The molecule has 0 aromatic rings. The second-order valence-corrected chi connectivity index (χ2v) is 3.15. The summed E-state index contributed by atoms with van der Waals surface area (Å²) in [5.41, 5.74) is 1.38. The van der Waals surface area contributed by atoms with Crippen molar-refractivity contribution < 1.29 is 0 Å². The van der Waals surface area contributed by atoms with E-state index in [4.69, 9.17) is 0 Å². The maximum atomic E-state index is 3.44. The van der Waals surface area contributed by atoms with Crippen LogP contribution in [0.3, 0.4) is 0 Å². The van der Waals surface area contributed by atoms with Gasteiger partial charge in [0.05, 0.1) is 0 Å². The summed E-state index contributed by atoms with van der Waals surface area (Å²) in [6.07, 6.45) is 8.67. The standard InChI is InChI=1S/C11H23N/c1-4-7-8-9-10-12-11(5-2)6-3/h5,12H,4,6-10H2,1-3H3. The van der Waals surface area contributed by atoms with Crippen molar-refractivity contribution in [2.75, 3.05) is 6.54 Å². The molecular formula is C11H23N. The van der Waals surface area contributed by atoms with Crippen LogP contribution in [-0.4, -0.2) is 6.54 Å². The summed E-state index contributed by atoms with van der Waals surface area (Å²) in [5.74, 6) is 0. The van der Waals surface area contributed by atoms with Crippen LogP contribution in [0, 0.1) is 0 Å². The summed E-state index contributed by atoms with van der Waals surface area (Å²) in [6.45, 7) is 7.68. The minimum Gasteiger partial charge on any atom is -0.389 e. The minimum atomic E-state index is 1.13. The Morgan fingerprint density at radius 1 is 1.17 bits per heavy atom. The highest BCUT2D eigenvalue weighted by atomic mass is 14.9. The predicted octanol–water partition coefficient (Wildman–Crippen LogP) is 3.47. The first-order chi connectivity index (χ1) is 5.85. The van der Waals surface area contributed by atoms with Gasteiger partial charge in [0.1, 0.15) is 0 Å². The van der Waals surface area contributed by atoms with Gasteiger partial charge in [-0.25, -0.2) is 0 Å². The molecule has 0 rings (SSSR count). The molecular weight excluding hydrogens is 146 g/mol. The van der Waals surface area contributed by atoms with Crippen LogP contribution in [0.5, 0.6) is 0 Å². The summed E-state index contributed by atoms with van der Waals surface area (Å²) in [4.78, 5) is 0. The number of hydrogen-bond donors (Lipinski definition) is 1. The van der Waals surface area contributed by atoms with Crippen LogP contribution >= 0.6 is 0 Å². The third-order valence-corrected chi connectivity index (χ3v) is 2.11. The fourth-order valence-corrected chi connectivity index (χ4v) is 1.23. The Balaban J connectivity index is 3.18. The van der Waals surface area contributed by atoms with E-state index in [0.717, 1.165) is 13.0 Å². The largest absolute Gasteiger partial charge is 0.389 e. The SMILES string of the molecule is CC=C(CC)NCCCCCC. The molecule has 0 bridgehead atoms. The zero-order valence-corrected chi connectivity index (χ0v) is 8.82. The molecule has 0 atom stereocenters. The van der Waals surface area contributed by atoms with Crippen molar-refractivity contribution in [3.05, 3.63) is 11.8 Å². The third kappa shape index (κ3) is 6.26. The first kappa shape index (κ1) is 11.5. The van der Waals surface area contributed by atoms with Crippen LogP contribution in [0.1, 0.15) is 52.9 Å². The molecule has 0 radical (unpaired) electrons. The lowest BCUT2D eigenvalue weighted by Crippen LogP contribution is -2.13. The van der Waals surface area contributed by atoms with Gasteiger partial charge in [0.2, 0.25) is 0 Å². The van der Waals surface area contributed by atoms with Crippen LogP contribution in [-0.2, 0) is 0 Å². The predicted molar refractivity (Wildman–Crippen MR) is 56.2 cm³/mol. The van der Waals surface area contributed by atoms with Crippen molar-refractivity contribution in [2.45, 2.75) is 52.9 Å². The van der Waals surface area contributed by atoms with E-state index in [1.54, 1.807) is 0 Å². The molecule has 1 N–H and O–H groups in total. The number of hydrogen-bond acceptors (Lipinski definition) is 1. The van der Waals surface area contributed by atoms with E-state index in [1.807, 2.05) is 0 Å². The average Bonchev–Trinajstić information content (AvgIpc) is 2.11. The van der Waals surface area contributed by atoms with Crippen molar-refractivity contribution in [1.29, 1.82) is 0 Å². The lowest BCUT2D eigenvalue weighted by atomic mass is 10.2. The van der Waals surface area contributed by atoms with Crippen molar-refractivity contribution in [1.82, 2.24) is 5.32 Å². The molecule has 0 saturated carbocycles. The Kier molecular flexibility index (Phi) is 8.30. The van der Waals surface area contributed by atoms with Crippen molar-refractivity contribution >= 4 is 0 Å². The lowest BCUT2D eigenvalue weighted by Gasteiger charge is -2.07. The highest BCUT2D eigenvalue weighted by Crippen LogP contribution is 1.99. The van der Waals surface area contributed by atoms with Crippen LogP contribution in [0.2, 0.25) is 0 Å². The van der Waals surface area contributed by atoms with Gasteiger partial charge in [-0.05, 0) is 19.8 Å². The third-order valence-electron chi connectivity index (χ3n) is 2.11. The molecule has 0 unspecified atom stereocenters. The normalized spacial score (nSPS) is 11.8. The smallest absolute Gasteiger partial charge is 0.0143 e. The van der Waals surface area contributed by atoms with Gasteiger partial charge < -0.3 is 5.32 Å². The number of nitrogens with one attached hydrogen (secondary N) is 1. The average molecular weight is 169 g/mol. The first-order valence-corrected chi connectivity index (χ1v) is 5.24. The molecule has 12 heavy (non-hydrogen) atoms. The summed E-state index contributed by atoms with van der Waals surface area (Å²) < 4.78 is 0. The fourth-order valence-electron chi connectivity index (χ4n) is 1.23. The maximum Gasteiger partial charge on any atom is 0.0143 e. The zero-order chi connectivity index (χ0) is 9.23. The molecule has 0 saturated heterocycles. The van der Waals surface area contributed by atoms with E-state index in [0.29, 0.717) is 0 Å². The molecule has 0 aromatic heterocycles. The van der Waals surface area contributed by atoms with E-state index < -0.39 is 0 Å². The van der Waals surface area contributed by atoms with Gasteiger partial charge in [0.15, 0.2) is 0 Å². The molecule has 0 amide bonds. The molecule has 0 aromatic carbocycles. The van der Waals surface area contributed by atoms with Gasteiger partial charge in [-0.2, -0.15) is 0 Å². The van der Waals surface area contributed by atoms with Gasteiger partial charge in [-0.15, -0.1) is 0 Å². The second kappa shape index (κ2) is 8.63. The Morgan fingerprint density at radius 3 is 2.42 bits per heavy atom. The van der Waals surface area contributed by atoms with Crippen molar-refractivity contribution in [2.24, 2.45) is 0 Å². The molecule has 1 nitrogen and oxygen atoms in total. The monoisotopic (exact) mass is 169 g/mol. The quantitative estimate of drug-likeness (QED) is 0.575. The Hall–Kier alpha value is -0.460. The summed E-state index contributed by atoms with van der Waals surface area (Å²) >= 11 is 0. The van der Waals surface area contributed by atoms with Gasteiger partial charge in [-0.3, -0.25) is 0 Å². The lowest BCUT2D eigenvalue weighted by molar-refractivity contribution is 0.628. The maximum absolute atomic E-state index is 3.44. The van der Waals surface area contributed by atoms with Crippen molar-refractivity contribution in [3.63, 3.8) is 0 Å². The molecule has 1 heteroatoms. The molecule has 0 heterocycles. The number of rotatable bonds is 7. The topological polar surface area (TPSA) is 12.0 Å². The van der Waals surface area contributed by atoms with E-state index in [-0.39, 0.29) is 0 Å². The van der Waals surface area contributed by atoms with E-state index in [1.165, 1.54) is 31.4 Å². The fraction of sp³-hybridized carbons (Fsp3) is 0.818. The molecule has 0 aliphatic heterocycles. The Bertz CT molecular complexity index is 116. The van der Waals surface area contributed by atoms with Gasteiger partial charge in [0.25, 0.3) is 0 Å². The molecule has 0 aliphatic carbocycles. The van der Waals surface area contributed by atoms with E-state index in [2.05, 4.69) is 32.2 Å². The zero-order valence-electron chi connectivity index (χ0n) is 8.82. The first-order valence-electron chi connectivity index (χ1n) is 5.24. The highest BCUT2D eigenvalue weighted by Gasteiger charge is 1.90. The highest BCUT2D eigenvalue weighted by molar-refractivity contribution is 4.95. The number of allylic oxidation sites excluding steroid dienone is 2. The molecule has 0 fully saturated rings. The molecule has 0 aliphatic rings. The number of unbranched alkanes of at least 4 members (excludes halogenated alkanes) is 3. The van der Waals surface area contributed by atoms with Gasteiger partial charge in [-0.1, -0.05) is 39.2 Å². The van der Waals surface area contributed by atoms with Crippen LogP contribution in [0.15, 0.2) is 11.8 Å². The molecule has 0 spiro atoms. The van der Waals surface area contributed by atoms with Crippen LogP contribution in [0.25, 0.3) is 0 Å². The van der Waals surface area contributed by atoms with Crippen LogP contribution < -0.4 is 5.32 Å². The summed E-state index contributed by atoms with van der Waals surface area (Å²) in [5, 5.41) is 3.44. The van der Waals surface area contributed by atoms with E-state index >= 15 is 0 Å². The molecule has 72 valence electrons. The van der Waals surface area contributed by atoms with Crippen molar-refractivity contribution in [3.8, 4) is 0 Å². The summed E-state index contributed by atoms with van der Waals surface area (Å²) in [6, 6.07) is 0.